The zero-order valence-electron chi connectivity index (χ0n) is 20.0. The predicted octanol–water partition coefficient (Wildman–Crippen LogP) is 4.42. The van der Waals surface area contributed by atoms with Crippen LogP contribution in [0.4, 0.5) is 0 Å². The molecule has 34 heavy (non-hydrogen) atoms. The average molecular weight is 461 g/mol. The average Bonchev–Trinajstić information content (AvgIpc) is 3.27. The molecular weight excluding hydrogens is 428 g/mol. The van der Waals surface area contributed by atoms with Gasteiger partial charge < -0.3 is 18.9 Å². The lowest BCUT2D eigenvalue weighted by molar-refractivity contribution is -0.135. The summed E-state index contributed by atoms with van der Waals surface area (Å²) >= 11 is 0. The molecule has 0 saturated carbocycles. The third kappa shape index (κ3) is 3.62. The molecule has 6 rings (SSSR count). The van der Waals surface area contributed by atoms with Crippen molar-refractivity contribution >= 4 is 16.7 Å². The molecule has 0 spiro atoms. The van der Waals surface area contributed by atoms with E-state index in [0.717, 1.165) is 86.0 Å². The molecule has 1 atom stereocenters. The normalized spacial score (nSPS) is 22.4. The van der Waals surface area contributed by atoms with E-state index in [1.165, 1.54) is 5.39 Å². The van der Waals surface area contributed by atoms with Crippen molar-refractivity contribution in [2.45, 2.75) is 57.0 Å². The number of hydrogen-bond acceptors (Lipinski definition) is 5. The minimum atomic E-state index is -0.249. The quantitative estimate of drug-likeness (QED) is 0.579. The van der Waals surface area contributed by atoms with Gasteiger partial charge in [-0.25, -0.2) is 4.98 Å². The standard InChI is InChI=1S/C27H32N4O3/c1-17-27(32)30(2)16-24-25(29-26(31(17)24)19-8-12-34-13-9-19)21-5-3-4-20-14-23(28-15-22(20)21)18-6-10-33-11-7-18/h3-5,14-15,17-19H,6-13,16H2,1-2H3/t17-/m0/s1. The summed E-state index contributed by atoms with van der Waals surface area (Å²) in [4.78, 5) is 24.9. The Labute approximate surface area is 200 Å². The van der Waals surface area contributed by atoms with Crippen molar-refractivity contribution in [2.75, 3.05) is 33.5 Å². The van der Waals surface area contributed by atoms with Crippen molar-refractivity contribution in [1.29, 1.82) is 0 Å². The molecule has 0 bridgehead atoms. The van der Waals surface area contributed by atoms with E-state index in [9.17, 15) is 4.79 Å². The van der Waals surface area contributed by atoms with E-state index < -0.39 is 0 Å². The number of nitrogens with zero attached hydrogens (tertiary/aromatic N) is 4. The predicted molar refractivity (Wildman–Crippen MR) is 130 cm³/mol. The number of amides is 1. The molecule has 0 unspecified atom stereocenters. The highest BCUT2D eigenvalue weighted by Crippen LogP contribution is 2.39. The van der Waals surface area contributed by atoms with Gasteiger partial charge >= 0.3 is 0 Å². The maximum atomic E-state index is 12.9. The smallest absolute Gasteiger partial charge is 0.245 e. The van der Waals surface area contributed by atoms with Gasteiger partial charge in [-0.15, -0.1) is 0 Å². The van der Waals surface area contributed by atoms with Crippen molar-refractivity contribution < 1.29 is 14.3 Å². The summed E-state index contributed by atoms with van der Waals surface area (Å²) in [5, 5.41) is 2.31. The second kappa shape index (κ2) is 8.78. The highest BCUT2D eigenvalue weighted by molar-refractivity contribution is 5.96. The van der Waals surface area contributed by atoms with E-state index in [2.05, 4.69) is 28.8 Å². The highest BCUT2D eigenvalue weighted by atomic mass is 16.5. The van der Waals surface area contributed by atoms with Crippen LogP contribution >= 0.6 is 0 Å². The van der Waals surface area contributed by atoms with Gasteiger partial charge in [-0.2, -0.15) is 0 Å². The number of fused-ring (bicyclic) bond motifs is 2. The Morgan fingerprint density at radius 3 is 2.44 bits per heavy atom. The van der Waals surface area contributed by atoms with Gasteiger partial charge in [0.2, 0.25) is 5.91 Å². The number of carbonyl (C=O) groups excluding carboxylic acids is 1. The fraction of sp³-hybridized carbons (Fsp3) is 0.519. The van der Waals surface area contributed by atoms with Gasteiger partial charge in [-0.3, -0.25) is 9.78 Å². The summed E-state index contributed by atoms with van der Waals surface area (Å²) in [5.41, 5.74) is 4.36. The van der Waals surface area contributed by atoms with E-state index in [1.54, 1.807) is 0 Å². The van der Waals surface area contributed by atoms with Gasteiger partial charge in [0.1, 0.15) is 11.9 Å². The maximum absolute atomic E-state index is 12.9. The third-order valence-electron chi connectivity index (χ3n) is 7.81. The molecule has 3 aliphatic heterocycles. The van der Waals surface area contributed by atoms with Crippen LogP contribution < -0.4 is 0 Å². The molecular formula is C27H32N4O3. The Balaban J connectivity index is 1.48. The fourth-order valence-corrected chi connectivity index (χ4v) is 5.87. The van der Waals surface area contributed by atoms with Gasteiger partial charge in [-0.05, 0) is 44.1 Å². The van der Waals surface area contributed by atoms with Crippen molar-refractivity contribution in [1.82, 2.24) is 19.4 Å². The number of carbonyl (C=O) groups is 1. The Morgan fingerprint density at radius 1 is 1.00 bits per heavy atom. The second-order valence-corrected chi connectivity index (χ2v) is 9.91. The largest absolute Gasteiger partial charge is 0.381 e. The number of pyridine rings is 1. The summed E-state index contributed by atoms with van der Waals surface area (Å²) in [6.07, 6.45) is 5.96. The summed E-state index contributed by atoms with van der Waals surface area (Å²) in [7, 11) is 1.89. The van der Waals surface area contributed by atoms with Crippen LogP contribution in [0.15, 0.2) is 30.5 Å². The highest BCUT2D eigenvalue weighted by Gasteiger charge is 2.36. The molecule has 3 aliphatic rings. The van der Waals surface area contributed by atoms with E-state index in [4.69, 9.17) is 19.4 Å². The monoisotopic (exact) mass is 460 g/mol. The summed E-state index contributed by atoms with van der Waals surface area (Å²) in [6, 6.07) is 8.43. The SMILES string of the molecule is C[C@H]1C(=O)N(C)Cc2c(-c3cccc4cc(C5CCOCC5)ncc34)nc(C3CCOCC3)n21. The number of hydrogen-bond donors (Lipinski definition) is 0. The zero-order chi connectivity index (χ0) is 23.2. The van der Waals surface area contributed by atoms with Crippen molar-refractivity contribution in [3.63, 3.8) is 0 Å². The van der Waals surface area contributed by atoms with Gasteiger partial charge in [0, 0.05) is 68.2 Å². The van der Waals surface area contributed by atoms with E-state index >= 15 is 0 Å². The lowest BCUT2D eigenvalue weighted by atomic mass is 9.94. The van der Waals surface area contributed by atoms with Crippen LogP contribution in [-0.2, 0) is 20.8 Å². The lowest BCUT2D eigenvalue weighted by Crippen LogP contribution is -2.40. The Bertz CT molecular complexity index is 1220. The first kappa shape index (κ1) is 21.7. The first-order chi connectivity index (χ1) is 16.6. The molecule has 1 aromatic carbocycles. The number of benzene rings is 1. The molecule has 2 saturated heterocycles. The number of aromatic nitrogens is 3. The molecule has 7 heteroatoms. The number of ether oxygens (including phenoxy) is 2. The Morgan fingerprint density at radius 2 is 1.71 bits per heavy atom. The minimum absolute atomic E-state index is 0.144. The van der Waals surface area contributed by atoms with Crippen molar-refractivity contribution in [3.05, 3.63) is 47.7 Å². The lowest BCUT2D eigenvalue weighted by Gasteiger charge is -2.32. The van der Waals surface area contributed by atoms with Crippen LogP contribution in [0.2, 0.25) is 0 Å². The van der Waals surface area contributed by atoms with Crippen LogP contribution in [0.25, 0.3) is 22.0 Å². The Kier molecular flexibility index (Phi) is 5.62. The summed E-state index contributed by atoms with van der Waals surface area (Å²) in [6.45, 7) is 5.68. The van der Waals surface area contributed by atoms with Crippen LogP contribution in [0.1, 0.15) is 67.7 Å². The van der Waals surface area contributed by atoms with Gasteiger partial charge in [-0.1, -0.05) is 18.2 Å². The molecule has 0 N–H and O–H groups in total. The van der Waals surface area contributed by atoms with Crippen LogP contribution in [0.5, 0.6) is 0 Å². The third-order valence-corrected chi connectivity index (χ3v) is 7.81. The molecule has 3 aromatic rings. The van der Waals surface area contributed by atoms with Gasteiger partial charge in [0.15, 0.2) is 0 Å². The van der Waals surface area contributed by atoms with Crippen LogP contribution in [0, 0.1) is 0 Å². The molecule has 178 valence electrons. The first-order valence-corrected chi connectivity index (χ1v) is 12.5. The molecule has 2 aromatic heterocycles. The van der Waals surface area contributed by atoms with E-state index in [0.29, 0.717) is 18.4 Å². The zero-order valence-corrected chi connectivity index (χ0v) is 20.0. The molecule has 0 aliphatic carbocycles. The van der Waals surface area contributed by atoms with Crippen molar-refractivity contribution in [3.8, 4) is 11.3 Å². The van der Waals surface area contributed by atoms with Gasteiger partial charge in [0.05, 0.1) is 17.9 Å². The molecule has 1 amide bonds. The number of imidazole rings is 1. The molecule has 0 radical (unpaired) electrons. The van der Waals surface area contributed by atoms with Crippen LogP contribution in [-0.4, -0.2) is 58.8 Å². The minimum Gasteiger partial charge on any atom is -0.381 e. The molecule has 2 fully saturated rings. The number of rotatable bonds is 3. The first-order valence-electron chi connectivity index (χ1n) is 12.5. The van der Waals surface area contributed by atoms with Crippen LogP contribution in [0.3, 0.4) is 0 Å². The Hall–Kier alpha value is -2.77. The molecule has 7 nitrogen and oxygen atoms in total. The van der Waals surface area contributed by atoms with E-state index in [1.807, 2.05) is 25.1 Å². The van der Waals surface area contributed by atoms with E-state index in [-0.39, 0.29) is 11.9 Å². The summed E-state index contributed by atoms with van der Waals surface area (Å²) < 4.78 is 13.4. The fourth-order valence-electron chi connectivity index (χ4n) is 5.87. The van der Waals surface area contributed by atoms with Crippen molar-refractivity contribution in [2.24, 2.45) is 0 Å². The topological polar surface area (TPSA) is 69.5 Å². The summed E-state index contributed by atoms with van der Waals surface area (Å²) in [5.74, 6) is 1.95. The maximum Gasteiger partial charge on any atom is 0.245 e. The van der Waals surface area contributed by atoms with Gasteiger partial charge in [0.25, 0.3) is 0 Å². The molecule has 5 heterocycles. The second-order valence-electron chi connectivity index (χ2n) is 9.91. The number of likely N-dealkylation sites (N-methyl/N-ethyl adjacent to an activating group) is 1.